The SMILES string of the molecule is CC1=NC2=NC=NC2=N1.Cc1cc2c(ccn2C)n1C.Cc1cc2sccc2n1C.Cc1nc2cc3scnc3cc2s1.Cc1nc2scnc2s1.Cn1cnc2ccccc21.c1ccc2ocnc2c1. The number of thiophene rings is 1. The van der Waals surface area contributed by atoms with E-state index in [-0.39, 0.29) is 0 Å². The molecule has 0 unspecified atom stereocenters. The number of hydrogen-bond acceptors (Lipinski definition) is 16. The first-order chi connectivity index (χ1) is 34.4. The van der Waals surface area contributed by atoms with Gasteiger partial charge in [0.1, 0.15) is 17.7 Å². The highest BCUT2D eigenvalue weighted by molar-refractivity contribution is 7.25. The molecular weight excluding hydrogens is 985 g/mol. The van der Waals surface area contributed by atoms with Crippen LogP contribution in [0.2, 0.25) is 0 Å². The highest BCUT2D eigenvalue weighted by Gasteiger charge is 2.16. The van der Waals surface area contributed by atoms with Crippen LogP contribution in [0.3, 0.4) is 0 Å². The summed E-state index contributed by atoms with van der Waals surface area (Å²) in [5.74, 6) is 2.03. The molecule has 0 amide bonds. The lowest BCUT2D eigenvalue weighted by atomic mass is 10.3. The Balaban J connectivity index is 0.000000103. The van der Waals surface area contributed by atoms with Crippen molar-refractivity contribution in [2.45, 2.75) is 34.6 Å². The molecule has 0 saturated heterocycles. The summed E-state index contributed by atoms with van der Waals surface area (Å²) in [6.45, 7) is 10.1. The summed E-state index contributed by atoms with van der Waals surface area (Å²) in [6, 6.07) is 28.7. The minimum atomic E-state index is 0.646. The third kappa shape index (κ3) is 11.3. The zero-order valence-corrected chi connectivity index (χ0v) is 44.4. The summed E-state index contributed by atoms with van der Waals surface area (Å²) in [7, 11) is 8.26. The smallest absolute Gasteiger partial charge is 0.201 e. The van der Waals surface area contributed by atoms with E-state index in [0.717, 1.165) is 53.2 Å². The third-order valence-corrected chi connectivity index (χ3v) is 15.5. The van der Waals surface area contributed by atoms with Gasteiger partial charge in [-0.15, -0.1) is 45.3 Å². The van der Waals surface area contributed by atoms with E-state index in [9.17, 15) is 0 Å². The number of aliphatic imine (C=N–C) groups is 4. The lowest BCUT2D eigenvalue weighted by Crippen LogP contribution is -1.97. The fraction of sp³-hybridized carbons (Fsp3) is 0.176. The Morgan fingerprint density at radius 1 is 0.521 bits per heavy atom. The van der Waals surface area contributed by atoms with Crippen molar-refractivity contribution in [2.24, 2.45) is 48.2 Å². The van der Waals surface area contributed by atoms with Crippen molar-refractivity contribution in [3.63, 3.8) is 0 Å². The number of benzene rings is 3. The van der Waals surface area contributed by atoms with Crippen LogP contribution in [0.5, 0.6) is 0 Å². The van der Waals surface area contributed by atoms with Gasteiger partial charge in [-0.2, -0.15) is 0 Å². The van der Waals surface area contributed by atoms with Crippen molar-refractivity contribution in [2.75, 3.05) is 0 Å². The summed E-state index contributed by atoms with van der Waals surface area (Å²) in [4.78, 5) is 43.0. The fourth-order valence-corrected chi connectivity index (χ4v) is 11.4. The Labute approximate surface area is 428 Å². The number of nitrogens with zero attached hydrogens (tertiary/aromatic N) is 14. The average Bonchev–Trinajstić information content (AvgIpc) is 4.18. The van der Waals surface area contributed by atoms with Crippen LogP contribution in [0.15, 0.2) is 145 Å². The van der Waals surface area contributed by atoms with Gasteiger partial charge in [-0.1, -0.05) is 35.6 Å². The van der Waals surface area contributed by atoms with Crippen LogP contribution in [0.25, 0.3) is 73.5 Å². The Kier molecular flexibility index (Phi) is 14.9. The largest absolute Gasteiger partial charge is 0.443 e. The number of imidazole rings is 1. The Hall–Kier alpha value is -7.36. The lowest BCUT2D eigenvalue weighted by molar-refractivity contribution is 0.602. The van der Waals surface area contributed by atoms with Crippen LogP contribution in [-0.2, 0) is 28.2 Å². The molecule has 0 atom stereocenters. The van der Waals surface area contributed by atoms with E-state index in [1.165, 1.54) is 60.3 Å². The van der Waals surface area contributed by atoms with E-state index in [4.69, 9.17) is 4.42 Å². The van der Waals surface area contributed by atoms with Gasteiger partial charge in [-0.05, 0) is 101 Å². The maximum atomic E-state index is 5.01. The molecule has 0 N–H and O–H groups in total. The molecule has 2 aliphatic rings. The van der Waals surface area contributed by atoms with Gasteiger partial charge in [0.25, 0.3) is 0 Å². The molecule has 12 heterocycles. The predicted molar refractivity (Wildman–Crippen MR) is 301 cm³/mol. The van der Waals surface area contributed by atoms with E-state index < -0.39 is 0 Å². The second-order valence-electron chi connectivity index (χ2n) is 16.1. The van der Waals surface area contributed by atoms with E-state index in [2.05, 4.69) is 153 Å². The van der Waals surface area contributed by atoms with Crippen LogP contribution < -0.4 is 0 Å². The monoisotopic (exact) mass is 1030 g/mol. The van der Waals surface area contributed by atoms with Crippen molar-refractivity contribution >= 4 is 154 Å². The molecule has 0 radical (unpaired) electrons. The molecule has 0 bridgehead atoms. The van der Waals surface area contributed by atoms with E-state index in [1.807, 2.05) is 92.2 Å². The van der Waals surface area contributed by atoms with Crippen LogP contribution in [0.4, 0.5) is 0 Å². The zero-order valence-electron chi connectivity index (χ0n) is 40.3. The molecule has 0 aliphatic carbocycles. The first kappa shape index (κ1) is 48.7. The van der Waals surface area contributed by atoms with Gasteiger partial charge >= 0.3 is 0 Å². The molecule has 71 heavy (non-hydrogen) atoms. The number of oxazole rings is 1. The molecule has 13 aromatic rings. The molecule has 0 spiro atoms. The van der Waals surface area contributed by atoms with Gasteiger partial charge in [0, 0.05) is 45.8 Å². The second kappa shape index (κ2) is 21.7. The van der Waals surface area contributed by atoms with Gasteiger partial charge in [-0.3, -0.25) is 0 Å². The number of aryl methyl sites for hydroxylation is 8. The van der Waals surface area contributed by atoms with Gasteiger partial charge in [0.05, 0.1) is 80.1 Å². The normalized spacial score (nSPS) is 12.2. The predicted octanol–water partition coefficient (Wildman–Crippen LogP) is 13.3. The highest BCUT2D eigenvalue weighted by atomic mass is 32.1. The molecule has 0 fully saturated rings. The van der Waals surface area contributed by atoms with E-state index in [0.29, 0.717) is 11.7 Å². The van der Waals surface area contributed by atoms with Gasteiger partial charge < -0.3 is 22.7 Å². The maximum Gasteiger partial charge on any atom is 0.201 e. The van der Waals surface area contributed by atoms with Gasteiger partial charge in [0.2, 0.25) is 11.7 Å². The molecule has 0 saturated carbocycles. The first-order valence-electron chi connectivity index (χ1n) is 22.1. The summed E-state index contributed by atoms with van der Waals surface area (Å²) in [5, 5.41) is 4.35. The highest BCUT2D eigenvalue weighted by Crippen LogP contribution is 2.28. The minimum absolute atomic E-state index is 0.646. The van der Waals surface area contributed by atoms with Crippen LogP contribution in [-0.4, -0.2) is 72.0 Å². The van der Waals surface area contributed by atoms with Crippen LogP contribution in [0.1, 0.15) is 28.3 Å². The van der Waals surface area contributed by atoms with Crippen molar-refractivity contribution in [1.29, 1.82) is 0 Å². The Morgan fingerprint density at radius 2 is 1.27 bits per heavy atom. The maximum absolute atomic E-state index is 5.01. The quantitative estimate of drug-likeness (QED) is 0.146. The Bertz CT molecular complexity index is 3940. The van der Waals surface area contributed by atoms with Gasteiger partial charge in [0.15, 0.2) is 21.6 Å². The number of rotatable bonds is 0. The average molecular weight is 1030 g/mol. The molecule has 10 aromatic heterocycles. The minimum Gasteiger partial charge on any atom is -0.443 e. The molecule has 20 heteroatoms. The molecule has 15 rings (SSSR count). The van der Waals surface area contributed by atoms with E-state index in [1.54, 1.807) is 56.7 Å². The summed E-state index contributed by atoms with van der Waals surface area (Å²) in [5.41, 5.74) is 16.5. The number of para-hydroxylation sites is 4. The zero-order chi connectivity index (χ0) is 49.6. The summed E-state index contributed by atoms with van der Waals surface area (Å²) < 4.78 is 17.4. The van der Waals surface area contributed by atoms with Crippen LogP contribution in [0, 0.1) is 27.7 Å². The summed E-state index contributed by atoms with van der Waals surface area (Å²) in [6.07, 6.45) is 6.82. The summed E-state index contributed by atoms with van der Waals surface area (Å²) >= 11 is 8.43. The Morgan fingerprint density at radius 3 is 2.04 bits per heavy atom. The first-order valence-corrected chi connectivity index (χ1v) is 26.4. The second-order valence-corrected chi connectivity index (χ2v) is 21.2. The van der Waals surface area contributed by atoms with Crippen molar-refractivity contribution in [3.8, 4) is 0 Å². The van der Waals surface area contributed by atoms with Crippen molar-refractivity contribution in [3.05, 3.63) is 142 Å². The lowest BCUT2D eigenvalue weighted by Gasteiger charge is -1.93. The molecule has 3 aromatic carbocycles. The number of hydrogen-bond donors (Lipinski definition) is 0. The standard InChI is InChI=1S/C9H6N2S2.C9H12N2.C8H8N2.C8H9NS.C7H5NO.C5H4N4.C5H4N2S2/c1-5-11-7-3-8-6(10-4-12-8)2-9(7)13-5;1-7-6-9-8(11(7)3)4-5-10(9)2;1-10-6-9-7-4-2-3-5-8(7)10;1-6-5-8-7(9(6)2)3-4-10-8;1-2-4-7-6(3-1)8-5-9-7;1-3-8-4-5(9-3)7-2-6-4;1-3-7-5-4(9-3)6-2-8-5/h2-4H,1H3;4-6H,1-3H3;2-6H,1H3;3-5H,1-2H3;1-5H;2*2H,1H3. The molecule has 358 valence electrons. The van der Waals surface area contributed by atoms with Crippen LogP contribution >= 0.6 is 56.7 Å². The topological polar surface area (TPSA) is 160 Å². The molecular formula is C51H48N14OS5. The molecule has 15 nitrogen and oxygen atoms in total. The van der Waals surface area contributed by atoms with Crippen molar-refractivity contribution < 1.29 is 4.42 Å². The van der Waals surface area contributed by atoms with E-state index >= 15 is 0 Å². The fourth-order valence-electron chi connectivity index (χ4n) is 7.35. The van der Waals surface area contributed by atoms with Crippen molar-refractivity contribution in [1.82, 2.24) is 48.2 Å². The van der Waals surface area contributed by atoms with Gasteiger partial charge in [-0.25, -0.2) is 49.9 Å². The molecule has 2 aliphatic heterocycles. The third-order valence-electron chi connectivity index (χ3n) is 11.2. The number of thiazole rings is 4. The number of fused-ring (bicyclic) bond motifs is 8. The number of amidine groups is 3. The number of aromatic nitrogens is 10.